The molecule has 1 fully saturated rings. The fraction of sp³-hybridized carbons (Fsp3) is 0.900. The number of amides is 1. The van der Waals surface area contributed by atoms with Crippen LogP contribution in [0.3, 0.4) is 0 Å². The van der Waals surface area contributed by atoms with Gasteiger partial charge in [0.1, 0.15) is 6.10 Å². The highest BCUT2D eigenvalue weighted by atomic mass is 32.2. The van der Waals surface area contributed by atoms with E-state index in [-0.39, 0.29) is 18.1 Å². The molecule has 94 valence electrons. The van der Waals surface area contributed by atoms with E-state index in [2.05, 4.69) is 12.3 Å². The van der Waals surface area contributed by atoms with Gasteiger partial charge in [0.05, 0.1) is 6.10 Å². The molecule has 1 saturated heterocycles. The molecule has 0 radical (unpaired) electrons. The molecule has 1 amide bonds. The quantitative estimate of drug-likeness (QED) is 0.349. The number of carbonyl (C=O) groups excluding carboxylic acids is 1. The molecule has 0 saturated carbocycles. The standard InChI is InChI=1S/C10H21N3O2S/c1-7(4-5-11)16-6-8-2-3-9(15-8)10(14)13-12/h7-9H,2-6,11-12H2,1H3,(H,13,14). The Labute approximate surface area is 101 Å². The number of ether oxygens (including phenoxy) is 1. The second-order valence-electron chi connectivity index (χ2n) is 4.05. The lowest BCUT2D eigenvalue weighted by molar-refractivity contribution is -0.131. The molecule has 5 nitrogen and oxygen atoms in total. The molecule has 1 heterocycles. The fourth-order valence-corrected chi connectivity index (χ4v) is 2.79. The zero-order valence-electron chi connectivity index (χ0n) is 9.65. The van der Waals surface area contributed by atoms with Crippen LogP contribution in [0.4, 0.5) is 0 Å². The van der Waals surface area contributed by atoms with Gasteiger partial charge < -0.3 is 10.5 Å². The van der Waals surface area contributed by atoms with Gasteiger partial charge in [-0.25, -0.2) is 5.84 Å². The summed E-state index contributed by atoms with van der Waals surface area (Å²) in [6.45, 7) is 2.88. The van der Waals surface area contributed by atoms with E-state index in [4.69, 9.17) is 16.3 Å². The normalized spacial score (nSPS) is 26.7. The van der Waals surface area contributed by atoms with E-state index in [1.165, 1.54) is 0 Å². The smallest absolute Gasteiger partial charge is 0.263 e. The molecule has 0 aliphatic carbocycles. The van der Waals surface area contributed by atoms with Crippen LogP contribution in [0.15, 0.2) is 0 Å². The van der Waals surface area contributed by atoms with Gasteiger partial charge in [-0.2, -0.15) is 11.8 Å². The van der Waals surface area contributed by atoms with Gasteiger partial charge in [0.2, 0.25) is 0 Å². The molecular formula is C10H21N3O2S. The zero-order chi connectivity index (χ0) is 12.0. The molecule has 3 unspecified atom stereocenters. The third kappa shape index (κ3) is 4.29. The number of rotatable bonds is 6. The first-order valence-electron chi connectivity index (χ1n) is 5.65. The minimum atomic E-state index is -0.361. The Hall–Kier alpha value is -0.300. The molecule has 0 bridgehead atoms. The Morgan fingerprint density at radius 3 is 3.00 bits per heavy atom. The van der Waals surface area contributed by atoms with Crippen LogP contribution >= 0.6 is 11.8 Å². The molecule has 6 heteroatoms. The molecule has 1 aliphatic heterocycles. The molecule has 3 atom stereocenters. The van der Waals surface area contributed by atoms with Gasteiger partial charge in [-0.15, -0.1) is 0 Å². The maximum absolute atomic E-state index is 11.2. The molecule has 0 aromatic carbocycles. The van der Waals surface area contributed by atoms with Crippen molar-refractivity contribution in [2.24, 2.45) is 11.6 Å². The van der Waals surface area contributed by atoms with E-state index in [0.29, 0.717) is 5.25 Å². The maximum Gasteiger partial charge on any atom is 0.263 e. The van der Waals surface area contributed by atoms with Gasteiger partial charge in [-0.05, 0) is 25.8 Å². The first-order valence-corrected chi connectivity index (χ1v) is 6.69. The van der Waals surface area contributed by atoms with E-state index in [1.54, 1.807) is 0 Å². The summed E-state index contributed by atoms with van der Waals surface area (Å²) < 4.78 is 5.60. The van der Waals surface area contributed by atoms with Gasteiger partial charge in [-0.1, -0.05) is 6.92 Å². The number of hydrogen-bond donors (Lipinski definition) is 3. The van der Waals surface area contributed by atoms with Crippen molar-refractivity contribution in [3.8, 4) is 0 Å². The minimum absolute atomic E-state index is 0.174. The summed E-state index contributed by atoms with van der Waals surface area (Å²) in [6, 6.07) is 0. The number of nitrogens with two attached hydrogens (primary N) is 2. The van der Waals surface area contributed by atoms with Crippen LogP contribution < -0.4 is 17.0 Å². The highest BCUT2D eigenvalue weighted by molar-refractivity contribution is 7.99. The first-order chi connectivity index (χ1) is 7.67. The van der Waals surface area contributed by atoms with Crippen molar-refractivity contribution in [1.82, 2.24) is 5.43 Å². The van der Waals surface area contributed by atoms with E-state index in [0.717, 1.165) is 31.6 Å². The SMILES string of the molecule is CC(CCN)SCC1CCC(C(=O)NN)O1. The molecule has 5 N–H and O–H groups in total. The highest BCUT2D eigenvalue weighted by Crippen LogP contribution is 2.25. The summed E-state index contributed by atoms with van der Waals surface area (Å²) >= 11 is 1.85. The largest absolute Gasteiger partial charge is 0.364 e. The van der Waals surface area contributed by atoms with Gasteiger partial charge in [0.15, 0.2) is 0 Å². The van der Waals surface area contributed by atoms with Crippen LogP contribution in [-0.2, 0) is 9.53 Å². The predicted octanol–water partition coefficient (Wildman–Crippen LogP) is -0.00560. The number of hydrazine groups is 1. The fourth-order valence-electron chi connectivity index (χ4n) is 1.70. The number of hydrogen-bond acceptors (Lipinski definition) is 5. The summed E-state index contributed by atoms with van der Waals surface area (Å²) in [5, 5.41) is 0.552. The number of carbonyl (C=O) groups is 1. The third-order valence-electron chi connectivity index (χ3n) is 2.68. The van der Waals surface area contributed by atoms with Crippen molar-refractivity contribution in [3.05, 3.63) is 0 Å². The van der Waals surface area contributed by atoms with Crippen molar-refractivity contribution < 1.29 is 9.53 Å². The van der Waals surface area contributed by atoms with Crippen molar-refractivity contribution in [3.63, 3.8) is 0 Å². The van der Waals surface area contributed by atoms with E-state index in [1.807, 2.05) is 11.8 Å². The van der Waals surface area contributed by atoms with E-state index < -0.39 is 0 Å². The van der Waals surface area contributed by atoms with Crippen molar-refractivity contribution in [2.75, 3.05) is 12.3 Å². The van der Waals surface area contributed by atoms with Crippen LogP contribution in [0.25, 0.3) is 0 Å². The average molecular weight is 247 g/mol. The van der Waals surface area contributed by atoms with Crippen LogP contribution in [0.5, 0.6) is 0 Å². The maximum atomic E-state index is 11.2. The van der Waals surface area contributed by atoms with Crippen LogP contribution in [0.2, 0.25) is 0 Å². The number of nitrogens with one attached hydrogen (secondary N) is 1. The molecule has 0 spiro atoms. The average Bonchev–Trinajstić information content (AvgIpc) is 2.74. The molecule has 1 rings (SSSR count). The number of thioether (sulfide) groups is 1. The Balaban J connectivity index is 2.19. The predicted molar refractivity (Wildman–Crippen MR) is 65.8 cm³/mol. The topological polar surface area (TPSA) is 90.4 Å². The van der Waals surface area contributed by atoms with Crippen molar-refractivity contribution >= 4 is 17.7 Å². The monoisotopic (exact) mass is 247 g/mol. The zero-order valence-corrected chi connectivity index (χ0v) is 10.5. The summed E-state index contributed by atoms with van der Waals surface area (Å²) in [5.41, 5.74) is 7.61. The lowest BCUT2D eigenvalue weighted by Crippen LogP contribution is -2.39. The Morgan fingerprint density at radius 2 is 2.38 bits per heavy atom. The second-order valence-corrected chi connectivity index (χ2v) is 5.53. The first kappa shape index (κ1) is 13.8. The lowest BCUT2D eigenvalue weighted by atomic mass is 10.2. The van der Waals surface area contributed by atoms with Crippen LogP contribution in [0, 0.1) is 0 Å². The Morgan fingerprint density at radius 1 is 1.62 bits per heavy atom. The van der Waals surface area contributed by atoms with Crippen LogP contribution in [0.1, 0.15) is 26.2 Å². The molecule has 0 aromatic heterocycles. The van der Waals surface area contributed by atoms with Gasteiger partial charge in [0.25, 0.3) is 5.91 Å². The minimum Gasteiger partial charge on any atom is -0.364 e. The summed E-state index contributed by atoms with van der Waals surface area (Å²) in [7, 11) is 0. The Kier molecular flexibility index (Phi) is 6.12. The van der Waals surface area contributed by atoms with Gasteiger partial charge in [0, 0.05) is 11.0 Å². The van der Waals surface area contributed by atoms with Crippen molar-refractivity contribution in [2.45, 2.75) is 43.6 Å². The molecule has 0 aromatic rings. The Bertz CT molecular complexity index is 228. The molecule has 1 aliphatic rings. The van der Waals surface area contributed by atoms with E-state index in [9.17, 15) is 4.79 Å². The summed E-state index contributed by atoms with van der Waals surface area (Å²) in [4.78, 5) is 11.2. The van der Waals surface area contributed by atoms with Crippen LogP contribution in [-0.4, -0.2) is 35.7 Å². The highest BCUT2D eigenvalue weighted by Gasteiger charge is 2.30. The summed E-state index contributed by atoms with van der Waals surface area (Å²) in [6.07, 6.45) is 2.53. The van der Waals surface area contributed by atoms with Gasteiger partial charge >= 0.3 is 0 Å². The second kappa shape index (κ2) is 7.11. The van der Waals surface area contributed by atoms with E-state index >= 15 is 0 Å². The third-order valence-corrected chi connectivity index (χ3v) is 4.05. The lowest BCUT2D eigenvalue weighted by Gasteiger charge is -2.15. The van der Waals surface area contributed by atoms with Gasteiger partial charge in [-0.3, -0.25) is 10.2 Å². The molecular weight excluding hydrogens is 226 g/mol. The summed E-state index contributed by atoms with van der Waals surface area (Å²) in [5.74, 6) is 5.77. The van der Waals surface area contributed by atoms with Crippen molar-refractivity contribution in [1.29, 1.82) is 0 Å². The molecule has 16 heavy (non-hydrogen) atoms.